The van der Waals surface area contributed by atoms with Crippen LogP contribution in [-0.4, -0.2) is 20.2 Å². The van der Waals surface area contributed by atoms with E-state index in [2.05, 4.69) is 0 Å². The molecule has 1 radical (unpaired) electrons. The molecule has 0 amide bonds. The molecule has 0 fully saturated rings. The Labute approximate surface area is 67.1 Å². The monoisotopic (exact) mass is 150 g/mol. The molecule has 1 rings (SSSR count). The lowest BCUT2D eigenvalue weighted by atomic mass is 10.3. The molecule has 0 atom stereocenters. The maximum Gasteiger partial charge on any atom is 0.0997 e. The van der Waals surface area contributed by atoms with Gasteiger partial charge in [0.05, 0.1) is 6.61 Å². The van der Waals surface area contributed by atoms with E-state index in [9.17, 15) is 5.11 Å². The molecule has 0 saturated heterocycles. The fraction of sp³-hybridized carbons (Fsp3) is 0.333. The summed E-state index contributed by atoms with van der Waals surface area (Å²) in [4.78, 5) is 1.95. The van der Waals surface area contributed by atoms with Crippen molar-refractivity contribution in [1.82, 2.24) is 0 Å². The van der Waals surface area contributed by atoms with Crippen molar-refractivity contribution in [3.05, 3.63) is 30.3 Å². The second kappa shape index (κ2) is 3.98. The van der Waals surface area contributed by atoms with E-state index >= 15 is 0 Å². The average Bonchev–Trinajstić information content (AvgIpc) is 2.07. The van der Waals surface area contributed by atoms with Crippen LogP contribution in [0.3, 0.4) is 0 Å². The minimum absolute atomic E-state index is 0.0502. The highest BCUT2D eigenvalue weighted by atomic mass is 16.3. The minimum Gasteiger partial charge on any atom is -0.372 e. The Kier molecular flexibility index (Phi) is 2.93. The molecular formula is C9H12NO. The van der Waals surface area contributed by atoms with E-state index in [0.29, 0.717) is 6.54 Å². The fourth-order valence-corrected chi connectivity index (χ4v) is 0.949. The molecule has 11 heavy (non-hydrogen) atoms. The van der Waals surface area contributed by atoms with E-state index in [1.807, 2.05) is 42.3 Å². The van der Waals surface area contributed by atoms with Gasteiger partial charge in [-0.3, -0.25) is 0 Å². The fourth-order valence-electron chi connectivity index (χ4n) is 0.949. The number of hydrogen-bond acceptors (Lipinski definition) is 1. The van der Waals surface area contributed by atoms with E-state index in [1.54, 1.807) is 0 Å². The zero-order valence-electron chi connectivity index (χ0n) is 6.66. The summed E-state index contributed by atoms with van der Waals surface area (Å²) in [5.41, 5.74) is 1.10. The summed E-state index contributed by atoms with van der Waals surface area (Å²) in [6.45, 7) is 0.523. The second-order valence-electron chi connectivity index (χ2n) is 2.46. The van der Waals surface area contributed by atoms with Gasteiger partial charge in [-0.1, -0.05) is 18.2 Å². The molecule has 0 saturated carbocycles. The maximum atomic E-state index is 10.3. The SMILES string of the molecule is CN(CC[O])c1ccccc1. The van der Waals surface area contributed by atoms with Crippen LogP contribution < -0.4 is 4.90 Å². The van der Waals surface area contributed by atoms with E-state index in [1.165, 1.54) is 0 Å². The van der Waals surface area contributed by atoms with Gasteiger partial charge < -0.3 is 4.90 Å². The van der Waals surface area contributed by atoms with E-state index in [-0.39, 0.29) is 6.61 Å². The second-order valence-corrected chi connectivity index (χ2v) is 2.46. The molecule has 0 spiro atoms. The lowest BCUT2D eigenvalue weighted by Crippen LogP contribution is -2.20. The van der Waals surface area contributed by atoms with Gasteiger partial charge in [-0.2, -0.15) is 0 Å². The van der Waals surface area contributed by atoms with Gasteiger partial charge in [0.15, 0.2) is 0 Å². The van der Waals surface area contributed by atoms with Gasteiger partial charge in [0.25, 0.3) is 0 Å². The van der Waals surface area contributed by atoms with Crippen LogP contribution in [0, 0.1) is 0 Å². The Bertz CT molecular complexity index is 198. The molecule has 2 heteroatoms. The first-order valence-corrected chi connectivity index (χ1v) is 3.69. The van der Waals surface area contributed by atoms with Crippen LogP contribution >= 0.6 is 0 Å². The predicted molar refractivity (Wildman–Crippen MR) is 45.3 cm³/mol. The number of anilines is 1. The van der Waals surface area contributed by atoms with Gasteiger partial charge in [0.1, 0.15) is 0 Å². The van der Waals surface area contributed by atoms with Crippen molar-refractivity contribution in [2.75, 3.05) is 25.1 Å². The summed E-state index contributed by atoms with van der Waals surface area (Å²) < 4.78 is 0. The molecule has 0 aliphatic rings. The normalized spacial score (nSPS) is 9.64. The number of para-hydroxylation sites is 1. The lowest BCUT2D eigenvalue weighted by Gasteiger charge is -2.16. The Hall–Kier alpha value is -1.02. The molecule has 0 heterocycles. The quantitative estimate of drug-likeness (QED) is 0.641. The summed E-state index contributed by atoms with van der Waals surface area (Å²) in [7, 11) is 1.92. The van der Waals surface area contributed by atoms with Crippen LogP contribution in [-0.2, 0) is 5.11 Å². The van der Waals surface area contributed by atoms with Crippen LogP contribution in [0.25, 0.3) is 0 Å². The maximum absolute atomic E-state index is 10.3. The van der Waals surface area contributed by atoms with Gasteiger partial charge in [-0.05, 0) is 12.1 Å². The molecule has 0 unspecified atom stereocenters. The third-order valence-electron chi connectivity index (χ3n) is 1.62. The highest BCUT2D eigenvalue weighted by Crippen LogP contribution is 2.09. The summed E-state index contributed by atoms with van der Waals surface area (Å²) in [6.07, 6.45) is 0. The summed E-state index contributed by atoms with van der Waals surface area (Å²) in [5, 5.41) is 10.3. The average molecular weight is 150 g/mol. The number of rotatable bonds is 3. The highest BCUT2D eigenvalue weighted by Gasteiger charge is 1.96. The predicted octanol–water partition coefficient (Wildman–Crippen LogP) is 1.55. The van der Waals surface area contributed by atoms with Gasteiger partial charge in [-0.15, -0.1) is 0 Å². The molecule has 0 aliphatic heterocycles. The van der Waals surface area contributed by atoms with Gasteiger partial charge in [0.2, 0.25) is 0 Å². The zero-order valence-corrected chi connectivity index (χ0v) is 6.66. The van der Waals surface area contributed by atoms with Crippen molar-refractivity contribution < 1.29 is 5.11 Å². The van der Waals surface area contributed by atoms with Gasteiger partial charge >= 0.3 is 0 Å². The molecule has 1 aromatic rings. The molecule has 0 aliphatic carbocycles. The van der Waals surface area contributed by atoms with Crippen molar-refractivity contribution in [2.24, 2.45) is 0 Å². The van der Waals surface area contributed by atoms with E-state index < -0.39 is 0 Å². The van der Waals surface area contributed by atoms with Crippen LogP contribution in [0.4, 0.5) is 5.69 Å². The van der Waals surface area contributed by atoms with Crippen molar-refractivity contribution >= 4 is 5.69 Å². The third-order valence-corrected chi connectivity index (χ3v) is 1.62. The molecular weight excluding hydrogens is 138 g/mol. The van der Waals surface area contributed by atoms with Crippen molar-refractivity contribution in [3.63, 3.8) is 0 Å². The van der Waals surface area contributed by atoms with Crippen LogP contribution in [0.5, 0.6) is 0 Å². The van der Waals surface area contributed by atoms with Crippen molar-refractivity contribution in [2.45, 2.75) is 0 Å². The largest absolute Gasteiger partial charge is 0.372 e. The minimum atomic E-state index is -0.0502. The number of likely N-dealkylation sites (N-methyl/N-ethyl adjacent to an activating group) is 1. The highest BCUT2D eigenvalue weighted by molar-refractivity contribution is 5.44. The summed E-state index contributed by atoms with van der Waals surface area (Å²) in [5.74, 6) is 0. The van der Waals surface area contributed by atoms with E-state index in [0.717, 1.165) is 5.69 Å². The summed E-state index contributed by atoms with van der Waals surface area (Å²) >= 11 is 0. The van der Waals surface area contributed by atoms with Crippen LogP contribution in [0.15, 0.2) is 30.3 Å². The molecule has 1 aromatic carbocycles. The first-order valence-electron chi connectivity index (χ1n) is 3.69. The Morgan fingerprint density at radius 3 is 2.45 bits per heavy atom. The summed E-state index contributed by atoms with van der Waals surface area (Å²) in [6, 6.07) is 9.90. The Morgan fingerprint density at radius 2 is 1.91 bits per heavy atom. The zero-order chi connectivity index (χ0) is 8.10. The standard InChI is InChI=1S/C9H12NO/c1-10(7-8-11)9-5-3-2-4-6-9/h2-6H,7-8H2,1H3. The molecule has 0 aromatic heterocycles. The lowest BCUT2D eigenvalue weighted by molar-refractivity contribution is 0.201. The number of nitrogens with zero attached hydrogens (tertiary/aromatic N) is 1. The van der Waals surface area contributed by atoms with Gasteiger partial charge in [-0.25, -0.2) is 5.11 Å². The van der Waals surface area contributed by atoms with Crippen LogP contribution in [0.1, 0.15) is 0 Å². The van der Waals surface area contributed by atoms with Gasteiger partial charge in [0, 0.05) is 19.3 Å². The first kappa shape index (κ1) is 8.08. The van der Waals surface area contributed by atoms with E-state index in [4.69, 9.17) is 0 Å². The Balaban J connectivity index is 2.61. The first-order chi connectivity index (χ1) is 5.34. The topological polar surface area (TPSA) is 23.1 Å². The number of benzene rings is 1. The Morgan fingerprint density at radius 1 is 1.27 bits per heavy atom. The molecule has 2 nitrogen and oxygen atoms in total. The molecule has 59 valence electrons. The molecule has 0 N–H and O–H groups in total. The third kappa shape index (κ3) is 2.24. The van der Waals surface area contributed by atoms with Crippen molar-refractivity contribution in [3.8, 4) is 0 Å². The smallest absolute Gasteiger partial charge is 0.0997 e. The van der Waals surface area contributed by atoms with Crippen molar-refractivity contribution in [1.29, 1.82) is 0 Å². The molecule has 0 bridgehead atoms. The van der Waals surface area contributed by atoms with Crippen LogP contribution in [0.2, 0.25) is 0 Å². The number of hydrogen-bond donors (Lipinski definition) is 0.